The SMILES string of the molecule is CCCCO[C@@H](C)C(COC(C)=O)O[C@H](CN=[N+]=[N-])OC. The smallest absolute Gasteiger partial charge is 0.302 e. The van der Waals surface area contributed by atoms with Gasteiger partial charge in [0.05, 0.1) is 12.6 Å². The molecule has 8 nitrogen and oxygen atoms in total. The molecule has 0 spiro atoms. The first-order chi connectivity index (χ1) is 10.0. The average Bonchev–Trinajstić information content (AvgIpc) is 2.46. The molecule has 3 atom stereocenters. The molecule has 0 radical (unpaired) electrons. The lowest BCUT2D eigenvalue weighted by molar-refractivity contribution is -0.196. The zero-order chi connectivity index (χ0) is 16.1. The van der Waals surface area contributed by atoms with Crippen molar-refractivity contribution in [1.29, 1.82) is 0 Å². The first kappa shape index (κ1) is 19.7. The lowest BCUT2D eigenvalue weighted by Gasteiger charge is -2.27. The van der Waals surface area contributed by atoms with Crippen molar-refractivity contribution in [3.8, 4) is 0 Å². The fraction of sp³-hybridized carbons (Fsp3) is 0.923. The Balaban J connectivity index is 4.53. The van der Waals surface area contributed by atoms with Crippen LogP contribution in [0.3, 0.4) is 0 Å². The lowest BCUT2D eigenvalue weighted by Crippen LogP contribution is -2.39. The van der Waals surface area contributed by atoms with E-state index in [9.17, 15) is 4.79 Å². The van der Waals surface area contributed by atoms with Gasteiger partial charge in [-0.3, -0.25) is 4.79 Å². The summed E-state index contributed by atoms with van der Waals surface area (Å²) in [7, 11) is 1.45. The number of unbranched alkanes of at least 4 members (excludes halogenated alkanes) is 1. The average molecular weight is 303 g/mol. The highest BCUT2D eigenvalue weighted by Gasteiger charge is 2.24. The van der Waals surface area contributed by atoms with Gasteiger partial charge in [0.15, 0.2) is 6.29 Å². The Labute approximate surface area is 125 Å². The normalized spacial score (nSPS) is 14.9. The fourth-order valence-electron chi connectivity index (χ4n) is 1.48. The van der Waals surface area contributed by atoms with E-state index in [1.165, 1.54) is 14.0 Å². The molecule has 122 valence electrons. The number of methoxy groups -OCH3 is 1. The zero-order valence-electron chi connectivity index (χ0n) is 13.2. The largest absolute Gasteiger partial charge is 0.463 e. The van der Waals surface area contributed by atoms with Gasteiger partial charge in [0.2, 0.25) is 0 Å². The van der Waals surface area contributed by atoms with Crippen molar-refractivity contribution in [1.82, 2.24) is 0 Å². The second kappa shape index (κ2) is 12.4. The Kier molecular flexibility index (Phi) is 11.6. The minimum Gasteiger partial charge on any atom is -0.463 e. The minimum absolute atomic E-state index is 0.0330. The second-order valence-corrected chi connectivity index (χ2v) is 4.49. The van der Waals surface area contributed by atoms with Crippen molar-refractivity contribution in [2.75, 3.05) is 26.9 Å². The van der Waals surface area contributed by atoms with E-state index in [-0.39, 0.29) is 19.3 Å². The third-order valence-electron chi connectivity index (χ3n) is 2.74. The summed E-state index contributed by atoms with van der Waals surface area (Å²) in [6.07, 6.45) is 0.486. The van der Waals surface area contributed by atoms with Gasteiger partial charge in [-0.1, -0.05) is 18.5 Å². The Morgan fingerprint density at radius 2 is 2.14 bits per heavy atom. The van der Waals surface area contributed by atoms with E-state index in [2.05, 4.69) is 16.9 Å². The highest BCUT2D eigenvalue weighted by atomic mass is 16.7. The Morgan fingerprint density at radius 3 is 2.67 bits per heavy atom. The Hall–Kier alpha value is -1.34. The molecule has 0 aliphatic carbocycles. The molecule has 8 heteroatoms. The second-order valence-electron chi connectivity index (χ2n) is 4.49. The Bertz CT molecular complexity index is 334. The van der Waals surface area contributed by atoms with Crippen LogP contribution in [0.15, 0.2) is 5.11 Å². The molecule has 0 amide bonds. The molecular weight excluding hydrogens is 278 g/mol. The molecule has 21 heavy (non-hydrogen) atoms. The van der Waals surface area contributed by atoms with Gasteiger partial charge in [0.25, 0.3) is 0 Å². The highest BCUT2D eigenvalue weighted by molar-refractivity contribution is 5.65. The molecule has 0 heterocycles. The summed E-state index contributed by atoms with van der Waals surface area (Å²) in [6.45, 7) is 5.93. The molecule has 1 unspecified atom stereocenters. The van der Waals surface area contributed by atoms with Crippen molar-refractivity contribution < 1.29 is 23.7 Å². The number of hydrogen-bond acceptors (Lipinski definition) is 6. The molecule has 0 rings (SSSR count). The van der Waals surface area contributed by atoms with Crippen molar-refractivity contribution in [3.63, 3.8) is 0 Å². The molecule has 0 aliphatic rings. The summed E-state index contributed by atoms with van der Waals surface area (Å²) in [4.78, 5) is 13.6. The molecule has 0 N–H and O–H groups in total. The molecule has 0 fully saturated rings. The number of carbonyl (C=O) groups is 1. The van der Waals surface area contributed by atoms with E-state index >= 15 is 0 Å². The van der Waals surface area contributed by atoms with Crippen LogP contribution < -0.4 is 0 Å². The van der Waals surface area contributed by atoms with Crippen molar-refractivity contribution >= 4 is 5.97 Å². The third-order valence-corrected chi connectivity index (χ3v) is 2.74. The van der Waals surface area contributed by atoms with Gasteiger partial charge in [0.1, 0.15) is 12.7 Å². The van der Waals surface area contributed by atoms with Gasteiger partial charge >= 0.3 is 5.97 Å². The van der Waals surface area contributed by atoms with Crippen LogP contribution in [0.25, 0.3) is 10.4 Å². The number of nitrogens with zero attached hydrogens (tertiary/aromatic N) is 3. The first-order valence-corrected chi connectivity index (χ1v) is 6.99. The molecular formula is C13H25N3O5. The van der Waals surface area contributed by atoms with Gasteiger partial charge in [0, 0.05) is 25.6 Å². The molecule has 0 aliphatic heterocycles. The predicted molar refractivity (Wildman–Crippen MR) is 76.6 cm³/mol. The first-order valence-electron chi connectivity index (χ1n) is 6.99. The van der Waals surface area contributed by atoms with Crippen LogP contribution in [0.1, 0.15) is 33.6 Å². The molecule has 0 saturated carbocycles. The van der Waals surface area contributed by atoms with Gasteiger partial charge in [-0.15, -0.1) is 0 Å². The van der Waals surface area contributed by atoms with E-state index in [1.54, 1.807) is 0 Å². The molecule has 0 saturated heterocycles. The number of rotatable bonds is 12. The summed E-state index contributed by atoms with van der Waals surface area (Å²) in [5.41, 5.74) is 8.33. The number of ether oxygens (including phenoxy) is 4. The number of azide groups is 1. The van der Waals surface area contributed by atoms with E-state index in [1.807, 2.05) is 6.92 Å². The summed E-state index contributed by atoms with van der Waals surface area (Å²) in [5.74, 6) is -0.395. The third kappa shape index (κ3) is 10.1. The van der Waals surface area contributed by atoms with Crippen LogP contribution >= 0.6 is 0 Å². The zero-order valence-corrected chi connectivity index (χ0v) is 13.2. The summed E-state index contributed by atoms with van der Waals surface area (Å²) < 4.78 is 21.4. The molecule has 0 bridgehead atoms. The van der Waals surface area contributed by atoms with Crippen molar-refractivity contribution in [2.45, 2.75) is 52.1 Å². The van der Waals surface area contributed by atoms with Crippen LogP contribution in [0.4, 0.5) is 0 Å². The van der Waals surface area contributed by atoms with Crippen LogP contribution in [-0.2, 0) is 23.7 Å². The van der Waals surface area contributed by atoms with Crippen molar-refractivity contribution in [3.05, 3.63) is 10.4 Å². The van der Waals surface area contributed by atoms with E-state index in [0.29, 0.717) is 6.61 Å². The lowest BCUT2D eigenvalue weighted by atomic mass is 10.2. The van der Waals surface area contributed by atoms with Gasteiger partial charge in [-0.2, -0.15) is 0 Å². The van der Waals surface area contributed by atoms with Crippen LogP contribution in [-0.4, -0.2) is 51.3 Å². The number of carbonyl (C=O) groups excluding carboxylic acids is 1. The Morgan fingerprint density at radius 1 is 1.43 bits per heavy atom. The van der Waals surface area contributed by atoms with Gasteiger partial charge < -0.3 is 18.9 Å². The van der Waals surface area contributed by atoms with E-state index in [4.69, 9.17) is 24.5 Å². The standard InChI is InChI=1S/C13H25N3O5/c1-5-6-7-19-10(2)12(9-20-11(3)17)21-13(18-4)8-15-16-14/h10,12-13H,5-9H2,1-4H3/t10-,12?,13+/m0/s1. The molecule has 0 aromatic rings. The predicted octanol–water partition coefficient (Wildman–Crippen LogP) is 2.42. The summed E-state index contributed by atoms with van der Waals surface area (Å²) in [6, 6.07) is 0. The highest BCUT2D eigenvalue weighted by Crippen LogP contribution is 2.10. The maximum absolute atomic E-state index is 10.9. The maximum atomic E-state index is 10.9. The molecule has 0 aromatic heterocycles. The topological polar surface area (TPSA) is 103 Å². The quantitative estimate of drug-likeness (QED) is 0.137. The monoisotopic (exact) mass is 303 g/mol. The van der Waals surface area contributed by atoms with Crippen LogP contribution in [0.5, 0.6) is 0 Å². The maximum Gasteiger partial charge on any atom is 0.302 e. The molecule has 0 aromatic carbocycles. The minimum atomic E-state index is -0.710. The fourth-order valence-corrected chi connectivity index (χ4v) is 1.48. The van der Waals surface area contributed by atoms with Gasteiger partial charge in [-0.25, -0.2) is 0 Å². The van der Waals surface area contributed by atoms with Crippen LogP contribution in [0.2, 0.25) is 0 Å². The summed E-state index contributed by atoms with van der Waals surface area (Å²) in [5, 5.41) is 3.41. The van der Waals surface area contributed by atoms with Crippen LogP contribution in [0, 0.1) is 0 Å². The van der Waals surface area contributed by atoms with E-state index < -0.39 is 18.4 Å². The van der Waals surface area contributed by atoms with E-state index in [0.717, 1.165) is 12.8 Å². The number of hydrogen-bond donors (Lipinski definition) is 0. The number of esters is 1. The summed E-state index contributed by atoms with van der Waals surface area (Å²) >= 11 is 0. The van der Waals surface area contributed by atoms with Crippen molar-refractivity contribution in [2.24, 2.45) is 5.11 Å². The van der Waals surface area contributed by atoms with Gasteiger partial charge in [-0.05, 0) is 18.9 Å².